The molecule has 0 saturated carbocycles. The van der Waals surface area contributed by atoms with Gasteiger partial charge in [-0.25, -0.2) is 0 Å². The number of para-hydroxylation sites is 3. The molecule has 0 saturated heterocycles. The topological polar surface area (TPSA) is 70.7 Å². The van der Waals surface area contributed by atoms with Gasteiger partial charge in [-0.05, 0) is 46.6 Å². The molecule has 1 unspecified atom stereocenters. The van der Waals surface area contributed by atoms with Crippen molar-refractivity contribution in [2.75, 3.05) is 29.9 Å². The molecule has 0 spiro atoms. The van der Waals surface area contributed by atoms with E-state index >= 15 is 0 Å². The fraction of sp³-hybridized carbons (Fsp3) is 0.300. The minimum absolute atomic E-state index is 0.124. The van der Waals surface area contributed by atoms with E-state index in [0.29, 0.717) is 24.5 Å². The Kier molecular flexibility index (Phi) is 6.34. The van der Waals surface area contributed by atoms with Crippen molar-refractivity contribution < 1.29 is 14.3 Å². The van der Waals surface area contributed by atoms with Crippen LogP contribution in [0.2, 0.25) is 0 Å². The number of anilines is 2. The number of benzene rings is 2. The third-order valence-electron chi connectivity index (χ3n) is 4.19. The van der Waals surface area contributed by atoms with E-state index in [0.717, 1.165) is 16.6 Å². The van der Waals surface area contributed by atoms with Crippen molar-refractivity contribution in [1.29, 1.82) is 0 Å². The van der Waals surface area contributed by atoms with Gasteiger partial charge in [0.25, 0.3) is 5.91 Å². The molecule has 142 valence electrons. The molecule has 0 aromatic heterocycles. The highest BCUT2D eigenvalue weighted by atomic mass is 79.9. The summed E-state index contributed by atoms with van der Waals surface area (Å²) in [4.78, 5) is 26.8. The maximum absolute atomic E-state index is 12.6. The van der Waals surface area contributed by atoms with Crippen molar-refractivity contribution in [3.05, 3.63) is 53.0 Å². The Morgan fingerprint density at radius 1 is 1.19 bits per heavy atom. The van der Waals surface area contributed by atoms with Gasteiger partial charge < -0.3 is 20.3 Å². The predicted molar refractivity (Wildman–Crippen MR) is 109 cm³/mol. The predicted octanol–water partition coefficient (Wildman–Crippen LogP) is 3.18. The van der Waals surface area contributed by atoms with Gasteiger partial charge in [-0.1, -0.05) is 31.2 Å². The number of hydrogen-bond donors (Lipinski definition) is 2. The number of fused-ring (bicyclic) bond motifs is 1. The number of hydrogen-bond acceptors (Lipinski definition) is 4. The highest BCUT2D eigenvalue weighted by Crippen LogP contribution is 2.33. The fourth-order valence-electron chi connectivity index (χ4n) is 2.88. The number of nitrogens with zero attached hydrogens (tertiary/aromatic N) is 1. The average Bonchev–Trinajstić information content (AvgIpc) is 2.67. The monoisotopic (exact) mass is 431 g/mol. The summed E-state index contributed by atoms with van der Waals surface area (Å²) in [6.07, 6.45) is 0.204. The van der Waals surface area contributed by atoms with Gasteiger partial charge in [-0.2, -0.15) is 0 Å². The number of carbonyl (C=O) groups excluding carboxylic acids is 2. The van der Waals surface area contributed by atoms with Crippen LogP contribution in [0, 0.1) is 0 Å². The molecule has 0 radical (unpaired) electrons. The fourth-order valence-corrected chi connectivity index (χ4v) is 3.26. The van der Waals surface area contributed by atoms with E-state index in [1.165, 1.54) is 0 Å². The van der Waals surface area contributed by atoms with Crippen molar-refractivity contribution in [3.63, 3.8) is 0 Å². The molecule has 2 aromatic carbocycles. The molecule has 0 bridgehead atoms. The van der Waals surface area contributed by atoms with Crippen LogP contribution in [0.1, 0.15) is 13.3 Å². The van der Waals surface area contributed by atoms with Gasteiger partial charge in [0.1, 0.15) is 5.75 Å². The first kappa shape index (κ1) is 19.2. The number of rotatable bonds is 6. The Morgan fingerprint density at radius 2 is 1.93 bits per heavy atom. The third kappa shape index (κ3) is 4.80. The van der Waals surface area contributed by atoms with Crippen molar-refractivity contribution in [2.24, 2.45) is 0 Å². The average molecular weight is 432 g/mol. The van der Waals surface area contributed by atoms with Crippen molar-refractivity contribution in [2.45, 2.75) is 19.4 Å². The number of ether oxygens (including phenoxy) is 1. The van der Waals surface area contributed by atoms with Gasteiger partial charge in [0, 0.05) is 11.0 Å². The number of amides is 2. The Hall–Kier alpha value is -2.54. The van der Waals surface area contributed by atoms with E-state index in [-0.39, 0.29) is 18.4 Å². The first-order valence-corrected chi connectivity index (χ1v) is 9.70. The summed E-state index contributed by atoms with van der Waals surface area (Å²) in [6, 6.07) is 14.9. The largest absolute Gasteiger partial charge is 0.477 e. The van der Waals surface area contributed by atoms with Gasteiger partial charge in [0.05, 0.1) is 24.5 Å². The molecule has 6 nitrogen and oxygen atoms in total. The highest BCUT2D eigenvalue weighted by Gasteiger charge is 2.31. The molecule has 1 aliphatic heterocycles. The minimum Gasteiger partial charge on any atom is -0.477 e. The van der Waals surface area contributed by atoms with Gasteiger partial charge >= 0.3 is 0 Å². The normalized spacial score (nSPS) is 15.5. The van der Waals surface area contributed by atoms with E-state index in [4.69, 9.17) is 4.74 Å². The molecule has 1 atom stereocenters. The van der Waals surface area contributed by atoms with Crippen LogP contribution in [0.3, 0.4) is 0 Å². The molecule has 7 heteroatoms. The summed E-state index contributed by atoms with van der Waals surface area (Å²) in [7, 11) is 0. The Morgan fingerprint density at radius 3 is 2.70 bits per heavy atom. The molecule has 2 aromatic rings. The minimum atomic E-state index is -0.650. The second kappa shape index (κ2) is 8.90. The Bertz CT molecular complexity index is 828. The van der Waals surface area contributed by atoms with Crippen LogP contribution in [-0.4, -0.2) is 37.6 Å². The second-order valence-corrected chi connectivity index (χ2v) is 7.13. The third-order valence-corrected chi connectivity index (χ3v) is 4.88. The van der Waals surface area contributed by atoms with E-state index in [1.54, 1.807) is 0 Å². The maximum atomic E-state index is 12.6. The smallest absolute Gasteiger partial charge is 0.262 e. The lowest BCUT2D eigenvalue weighted by Gasteiger charge is -2.35. The quantitative estimate of drug-likeness (QED) is 0.736. The molecule has 2 N–H and O–H groups in total. The molecular formula is C20H22BrN3O3. The molecule has 1 aliphatic rings. The molecular weight excluding hydrogens is 410 g/mol. The van der Waals surface area contributed by atoms with E-state index < -0.39 is 6.10 Å². The number of carbonyl (C=O) groups is 2. The van der Waals surface area contributed by atoms with Gasteiger partial charge in [-0.15, -0.1) is 0 Å². The zero-order valence-corrected chi connectivity index (χ0v) is 16.7. The molecule has 3 rings (SSSR count). The summed E-state index contributed by atoms with van der Waals surface area (Å²) < 4.78 is 6.66. The van der Waals surface area contributed by atoms with Crippen LogP contribution in [0.4, 0.5) is 11.4 Å². The Labute approximate surface area is 167 Å². The number of nitrogens with one attached hydrogen (secondary N) is 2. The standard InChI is InChI=1S/C20H22BrN3O3/c1-2-11-22-20(26)18-12-24(16-9-5-6-10-17(16)27-18)13-19(25)23-15-8-4-3-7-14(15)21/h3-10,18H,2,11-13H2,1H3,(H,22,26)(H,23,25). The van der Waals surface area contributed by atoms with Crippen LogP contribution in [0.15, 0.2) is 53.0 Å². The van der Waals surface area contributed by atoms with Crippen LogP contribution in [-0.2, 0) is 9.59 Å². The SMILES string of the molecule is CCCNC(=O)C1CN(CC(=O)Nc2ccccc2Br)c2ccccc2O1. The summed E-state index contributed by atoms with van der Waals surface area (Å²) in [6.45, 7) is 3.04. The highest BCUT2D eigenvalue weighted by molar-refractivity contribution is 9.10. The summed E-state index contributed by atoms with van der Waals surface area (Å²) in [5.41, 5.74) is 1.51. The summed E-state index contributed by atoms with van der Waals surface area (Å²) in [5, 5.41) is 5.75. The maximum Gasteiger partial charge on any atom is 0.262 e. The molecule has 1 heterocycles. The Balaban J connectivity index is 1.73. The second-order valence-electron chi connectivity index (χ2n) is 6.27. The van der Waals surface area contributed by atoms with E-state index in [2.05, 4.69) is 26.6 Å². The lowest BCUT2D eigenvalue weighted by atomic mass is 10.1. The van der Waals surface area contributed by atoms with E-state index in [9.17, 15) is 9.59 Å². The summed E-state index contributed by atoms with van der Waals surface area (Å²) >= 11 is 3.43. The molecule has 0 aliphatic carbocycles. The molecule has 2 amide bonds. The van der Waals surface area contributed by atoms with Gasteiger partial charge in [-0.3, -0.25) is 9.59 Å². The van der Waals surface area contributed by atoms with Crippen molar-refractivity contribution >= 4 is 39.1 Å². The van der Waals surface area contributed by atoms with Gasteiger partial charge in [0.15, 0.2) is 6.10 Å². The van der Waals surface area contributed by atoms with Crippen molar-refractivity contribution in [3.8, 4) is 5.75 Å². The first-order chi connectivity index (χ1) is 13.1. The first-order valence-electron chi connectivity index (χ1n) is 8.91. The van der Waals surface area contributed by atoms with Crippen LogP contribution in [0.5, 0.6) is 5.75 Å². The number of halogens is 1. The van der Waals surface area contributed by atoms with Crippen LogP contribution >= 0.6 is 15.9 Å². The lowest BCUT2D eigenvalue weighted by molar-refractivity contribution is -0.128. The molecule has 27 heavy (non-hydrogen) atoms. The van der Waals surface area contributed by atoms with Gasteiger partial charge in [0.2, 0.25) is 5.91 Å². The zero-order valence-electron chi connectivity index (χ0n) is 15.1. The lowest BCUT2D eigenvalue weighted by Crippen LogP contribution is -2.50. The van der Waals surface area contributed by atoms with Crippen LogP contribution in [0.25, 0.3) is 0 Å². The van der Waals surface area contributed by atoms with E-state index in [1.807, 2.05) is 60.4 Å². The van der Waals surface area contributed by atoms with Crippen LogP contribution < -0.4 is 20.3 Å². The summed E-state index contributed by atoms with van der Waals surface area (Å²) in [5.74, 6) is 0.281. The molecule has 0 fully saturated rings. The van der Waals surface area contributed by atoms with Crippen molar-refractivity contribution in [1.82, 2.24) is 5.32 Å². The zero-order chi connectivity index (χ0) is 19.2.